The molecule has 0 heterocycles. The quantitative estimate of drug-likeness (QED) is 0.435. The first-order chi connectivity index (χ1) is 8.75. The van der Waals surface area contributed by atoms with E-state index < -0.39 is 36.0 Å². The molecule has 0 amide bonds. The maximum atomic E-state index is 13.8. The summed E-state index contributed by atoms with van der Waals surface area (Å²) in [6.45, 7) is 1.07. The molecule has 116 valence electrons. The van der Waals surface area contributed by atoms with Gasteiger partial charge in [-0.3, -0.25) is 14.4 Å². The lowest BCUT2D eigenvalue weighted by molar-refractivity contribution is -0.452. The van der Waals surface area contributed by atoms with Gasteiger partial charge in [0, 0.05) is 20.8 Å². The molecular formula is C9H9F5O6. The van der Waals surface area contributed by atoms with E-state index in [4.69, 9.17) is 0 Å². The molecule has 0 saturated carbocycles. The van der Waals surface area contributed by atoms with Crippen LogP contribution >= 0.6 is 0 Å². The lowest BCUT2D eigenvalue weighted by Gasteiger charge is -2.34. The van der Waals surface area contributed by atoms with E-state index in [1.165, 1.54) is 0 Å². The zero-order valence-electron chi connectivity index (χ0n) is 10.3. The molecule has 0 rings (SSSR count). The van der Waals surface area contributed by atoms with E-state index >= 15 is 0 Å². The van der Waals surface area contributed by atoms with Gasteiger partial charge in [-0.05, 0) is 0 Å². The van der Waals surface area contributed by atoms with Gasteiger partial charge in [0.05, 0.1) is 0 Å². The third-order valence-electron chi connectivity index (χ3n) is 1.58. The maximum absolute atomic E-state index is 13.8. The molecule has 20 heavy (non-hydrogen) atoms. The van der Waals surface area contributed by atoms with Gasteiger partial charge in [0.15, 0.2) is 0 Å². The van der Waals surface area contributed by atoms with Crippen molar-refractivity contribution < 1.29 is 50.5 Å². The van der Waals surface area contributed by atoms with Gasteiger partial charge in [0.2, 0.25) is 0 Å². The van der Waals surface area contributed by atoms with Gasteiger partial charge in [-0.2, -0.15) is 22.0 Å². The average Bonchev–Trinajstić information content (AvgIpc) is 2.10. The van der Waals surface area contributed by atoms with E-state index in [0.29, 0.717) is 20.8 Å². The van der Waals surface area contributed by atoms with Gasteiger partial charge in [-0.25, -0.2) is 0 Å². The zero-order chi connectivity index (χ0) is 16.4. The Hall–Kier alpha value is -1.94. The first-order valence-corrected chi connectivity index (χ1v) is 4.78. The molecule has 0 aliphatic heterocycles. The molecule has 0 aliphatic rings. The molecule has 6 nitrogen and oxygen atoms in total. The first-order valence-electron chi connectivity index (χ1n) is 4.78. The highest BCUT2D eigenvalue weighted by Gasteiger charge is 2.79. The summed E-state index contributed by atoms with van der Waals surface area (Å²) in [5.74, 6) is -11.1. The summed E-state index contributed by atoms with van der Waals surface area (Å²) in [4.78, 5) is 31.3. The Kier molecular flexibility index (Phi) is 5.05. The molecular weight excluding hydrogens is 299 g/mol. The fourth-order valence-electron chi connectivity index (χ4n) is 0.979. The normalized spacial score (nSPS) is 12.6. The minimum absolute atomic E-state index is 0.335. The molecule has 0 aliphatic carbocycles. The van der Waals surface area contributed by atoms with Gasteiger partial charge in [-0.15, -0.1) is 0 Å². The Labute approximate surface area is 108 Å². The van der Waals surface area contributed by atoms with Crippen LogP contribution in [0.3, 0.4) is 0 Å². The van der Waals surface area contributed by atoms with E-state index in [-0.39, 0.29) is 0 Å². The highest BCUT2D eigenvalue weighted by molar-refractivity contribution is 5.68. The average molecular weight is 308 g/mol. The van der Waals surface area contributed by atoms with Gasteiger partial charge in [-0.1, -0.05) is 0 Å². The molecule has 0 N–H and O–H groups in total. The van der Waals surface area contributed by atoms with Crippen molar-refractivity contribution in [3.63, 3.8) is 0 Å². The third-order valence-corrected chi connectivity index (χ3v) is 1.58. The van der Waals surface area contributed by atoms with Crippen LogP contribution < -0.4 is 0 Å². The number of halogens is 5. The summed E-state index contributed by atoms with van der Waals surface area (Å²) in [6.07, 6.45) is -11.2. The Morgan fingerprint density at radius 1 is 0.650 bits per heavy atom. The fourth-order valence-corrected chi connectivity index (χ4v) is 0.979. The monoisotopic (exact) mass is 308 g/mol. The topological polar surface area (TPSA) is 78.9 Å². The van der Waals surface area contributed by atoms with Gasteiger partial charge in [0.1, 0.15) is 0 Å². The lowest BCUT2D eigenvalue weighted by Crippen LogP contribution is -2.62. The van der Waals surface area contributed by atoms with Crippen LogP contribution in [0.4, 0.5) is 22.0 Å². The number of hydrogen-bond donors (Lipinski definition) is 0. The van der Waals surface area contributed by atoms with Crippen LogP contribution in [0, 0.1) is 0 Å². The summed E-state index contributed by atoms with van der Waals surface area (Å²) >= 11 is 0. The summed E-state index contributed by atoms with van der Waals surface area (Å²) in [7, 11) is 0. The number of carbonyl (C=O) groups is 3. The van der Waals surface area contributed by atoms with E-state index in [9.17, 15) is 36.3 Å². The molecule has 0 saturated heterocycles. The van der Waals surface area contributed by atoms with Crippen molar-refractivity contribution in [3.8, 4) is 0 Å². The summed E-state index contributed by atoms with van der Waals surface area (Å²) < 4.78 is 76.2. The summed E-state index contributed by atoms with van der Waals surface area (Å²) in [6, 6.07) is 0. The highest BCUT2D eigenvalue weighted by atomic mass is 19.3. The summed E-state index contributed by atoms with van der Waals surface area (Å²) in [5, 5.41) is 0. The van der Waals surface area contributed by atoms with E-state index in [2.05, 4.69) is 14.2 Å². The van der Waals surface area contributed by atoms with Crippen LogP contribution in [0.2, 0.25) is 0 Å². The fraction of sp³-hybridized carbons (Fsp3) is 0.667. The molecule has 0 unspecified atom stereocenters. The van der Waals surface area contributed by atoms with Crippen molar-refractivity contribution >= 4 is 17.9 Å². The van der Waals surface area contributed by atoms with E-state index in [1.807, 2.05) is 0 Å². The number of alkyl halides is 5. The van der Waals surface area contributed by atoms with Gasteiger partial charge >= 0.3 is 36.0 Å². The Morgan fingerprint density at radius 3 is 1.10 bits per heavy atom. The second kappa shape index (κ2) is 5.59. The van der Waals surface area contributed by atoms with Gasteiger partial charge in [0.25, 0.3) is 0 Å². The molecule has 0 aromatic heterocycles. The largest absolute Gasteiger partial charge is 0.484 e. The smallest absolute Gasteiger partial charge is 0.411 e. The molecule has 0 spiro atoms. The van der Waals surface area contributed by atoms with Crippen molar-refractivity contribution in [2.75, 3.05) is 0 Å². The second-order valence-corrected chi connectivity index (χ2v) is 3.41. The van der Waals surface area contributed by atoms with Gasteiger partial charge < -0.3 is 14.2 Å². The number of carbonyl (C=O) groups excluding carboxylic acids is 3. The number of rotatable bonds is 5. The Morgan fingerprint density at radius 2 is 0.900 bits per heavy atom. The predicted octanol–water partition coefficient (Wildman–Crippen LogP) is 1.53. The van der Waals surface area contributed by atoms with Crippen LogP contribution in [-0.4, -0.2) is 36.0 Å². The van der Waals surface area contributed by atoms with Crippen LogP contribution in [0.15, 0.2) is 0 Å². The Balaban J connectivity index is 5.77. The van der Waals surface area contributed by atoms with Crippen LogP contribution in [0.5, 0.6) is 0 Å². The highest BCUT2D eigenvalue weighted by Crippen LogP contribution is 2.46. The maximum Gasteiger partial charge on any atom is 0.484 e. The lowest BCUT2D eigenvalue weighted by atomic mass is 10.2. The van der Waals surface area contributed by atoms with Crippen LogP contribution in [0.1, 0.15) is 20.8 Å². The second-order valence-electron chi connectivity index (χ2n) is 3.41. The van der Waals surface area contributed by atoms with E-state index in [1.54, 1.807) is 0 Å². The molecule has 0 radical (unpaired) electrons. The standard InChI is InChI=1S/C9H9F5O6/c1-4(15)18-7(10,8(11,12)19-5(2)16)9(13,14)20-6(3)17/h1-3H3. The first kappa shape index (κ1) is 18.1. The summed E-state index contributed by atoms with van der Waals surface area (Å²) in [5.41, 5.74) is 0. The van der Waals surface area contributed by atoms with Crippen LogP contribution in [-0.2, 0) is 28.6 Å². The number of ether oxygens (including phenoxy) is 3. The van der Waals surface area contributed by atoms with Crippen molar-refractivity contribution in [1.82, 2.24) is 0 Å². The van der Waals surface area contributed by atoms with Crippen molar-refractivity contribution in [2.24, 2.45) is 0 Å². The molecule has 0 bridgehead atoms. The molecule has 0 aromatic rings. The van der Waals surface area contributed by atoms with Crippen molar-refractivity contribution in [1.29, 1.82) is 0 Å². The minimum Gasteiger partial charge on any atom is -0.411 e. The molecule has 11 heteroatoms. The zero-order valence-corrected chi connectivity index (χ0v) is 10.3. The van der Waals surface area contributed by atoms with Crippen LogP contribution in [0.25, 0.3) is 0 Å². The SMILES string of the molecule is CC(=O)OC(F)(F)C(F)(OC(C)=O)C(F)(F)OC(C)=O. The molecule has 0 atom stereocenters. The predicted molar refractivity (Wildman–Crippen MR) is 49.0 cm³/mol. The molecule has 0 fully saturated rings. The van der Waals surface area contributed by atoms with Crippen molar-refractivity contribution in [3.05, 3.63) is 0 Å². The number of esters is 3. The van der Waals surface area contributed by atoms with E-state index in [0.717, 1.165) is 0 Å². The van der Waals surface area contributed by atoms with Crippen molar-refractivity contribution in [2.45, 2.75) is 38.8 Å². The number of hydrogen-bond acceptors (Lipinski definition) is 6. The molecule has 0 aromatic carbocycles. The third kappa shape index (κ3) is 3.78. The Bertz CT molecular complexity index is 393. The minimum atomic E-state index is -5.61.